The number of rotatable bonds is 8. The van der Waals surface area contributed by atoms with Crippen molar-refractivity contribution in [3.8, 4) is 0 Å². The Morgan fingerprint density at radius 1 is 1.24 bits per heavy atom. The van der Waals surface area contributed by atoms with Crippen molar-refractivity contribution in [3.05, 3.63) is 42.5 Å². The van der Waals surface area contributed by atoms with Gasteiger partial charge in [-0.05, 0) is 38.8 Å². The molecule has 134 valence electrons. The van der Waals surface area contributed by atoms with Gasteiger partial charge in [0.2, 0.25) is 0 Å². The maximum atomic E-state index is 4.66. The lowest BCUT2D eigenvalue weighted by atomic mass is 10.4. The summed E-state index contributed by atoms with van der Waals surface area (Å²) in [6.07, 6.45) is 4.23. The van der Waals surface area contributed by atoms with Gasteiger partial charge >= 0.3 is 0 Å². The summed E-state index contributed by atoms with van der Waals surface area (Å²) >= 11 is 1.97. The standard InChI is InChI=1S/C18H26N6S/c1-3-19-17(20-12-16-23-22-14-24(16)4-2)21-13-18(10-11-18)25-15-8-6-5-7-9-15/h5-9,14H,3-4,10-13H2,1-2H3,(H2,19,20,21). The van der Waals surface area contributed by atoms with Crippen molar-refractivity contribution in [2.24, 2.45) is 4.99 Å². The zero-order chi connectivity index (χ0) is 17.5. The first-order valence-electron chi connectivity index (χ1n) is 8.87. The normalized spacial score (nSPS) is 15.8. The Labute approximate surface area is 153 Å². The lowest BCUT2D eigenvalue weighted by molar-refractivity contribution is 0.692. The van der Waals surface area contributed by atoms with Gasteiger partial charge in [0, 0.05) is 29.3 Å². The summed E-state index contributed by atoms with van der Waals surface area (Å²) in [7, 11) is 0. The number of hydrogen-bond acceptors (Lipinski definition) is 4. The van der Waals surface area contributed by atoms with E-state index in [2.05, 4.69) is 70.0 Å². The predicted octanol–water partition coefficient (Wildman–Crippen LogP) is 2.68. The predicted molar refractivity (Wildman–Crippen MR) is 103 cm³/mol. The van der Waals surface area contributed by atoms with Crippen LogP contribution in [0.4, 0.5) is 0 Å². The molecule has 1 fully saturated rings. The van der Waals surface area contributed by atoms with Crippen molar-refractivity contribution in [1.82, 2.24) is 25.4 Å². The maximum absolute atomic E-state index is 4.66. The number of nitrogens with one attached hydrogen (secondary N) is 2. The molecule has 0 aliphatic heterocycles. The van der Waals surface area contributed by atoms with Crippen LogP contribution in [0.15, 0.2) is 46.5 Å². The Balaban J connectivity index is 1.57. The molecule has 0 bridgehead atoms. The highest BCUT2D eigenvalue weighted by molar-refractivity contribution is 8.01. The fraction of sp³-hybridized carbons (Fsp3) is 0.500. The molecule has 7 heteroatoms. The van der Waals surface area contributed by atoms with Crippen LogP contribution in [0.5, 0.6) is 0 Å². The zero-order valence-corrected chi connectivity index (χ0v) is 15.7. The maximum Gasteiger partial charge on any atom is 0.191 e. The molecule has 3 rings (SSSR count). The quantitative estimate of drug-likeness (QED) is 0.561. The van der Waals surface area contributed by atoms with Gasteiger partial charge in [0.1, 0.15) is 12.9 Å². The van der Waals surface area contributed by atoms with Gasteiger partial charge in [-0.3, -0.25) is 0 Å². The van der Waals surface area contributed by atoms with Gasteiger partial charge in [-0.2, -0.15) is 0 Å². The van der Waals surface area contributed by atoms with Crippen molar-refractivity contribution in [2.45, 2.75) is 49.4 Å². The summed E-state index contributed by atoms with van der Waals surface area (Å²) in [5.74, 6) is 1.73. The SMILES string of the molecule is CCNC(=NCc1nncn1CC)NCC1(Sc2ccccc2)CC1. The largest absolute Gasteiger partial charge is 0.357 e. The topological polar surface area (TPSA) is 67.1 Å². The van der Waals surface area contributed by atoms with Crippen LogP contribution < -0.4 is 10.6 Å². The van der Waals surface area contributed by atoms with E-state index in [0.717, 1.165) is 31.4 Å². The molecular weight excluding hydrogens is 332 g/mol. The molecule has 1 aliphatic carbocycles. The van der Waals surface area contributed by atoms with Crippen LogP contribution in [0.25, 0.3) is 0 Å². The monoisotopic (exact) mass is 358 g/mol. The fourth-order valence-electron chi connectivity index (χ4n) is 2.59. The highest BCUT2D eigenvalue weighted by Crippen LogP contribution is 2.51. The Morgan fingerprint density at radius 2 is 2.04 bits per heavy atom. The molecule has 1 saturated carbocycles. The van der Waals surface area contributed by atoms with Crippen LogP contribution in [0.1, 0.15) is 32.5 Å². The van der Waals surface area contributed by atoms with Crippen LogP contribution in [-0.2, 0) is 13.1 Å². The van der Waals surface area contributed by atoms with Gasteiger partial charge in [-0.15, -0.1) is 22.0 Å². The molecule has 0 atom stereocenters. The molecule has 6 nitrogen and oxygen atoms in total. The minimum Gasteiger partial charge on any atom is -0.357 e. The van der Waals surface area contributed by atoms with Gasteiger partial charge in [0.05, 0.1) is 0 Å². The fourth-order valence-corrected chi connectivity index (χ4v) is 3.84. The molecule has 1 heterocycles. The number of aliphatic imine (C=N–C) groups is 1. The summed E-state index contributed by atoms with van der Waals surface area (Å²) in [5, 5.41) is 14.9. The third-order valence-corrected chi connectivity index (χ3v) is 5.72. The highest BCUT2D eigenvalue weighted by atomic mass is 32.2. The number of nitrogens with zero attached hydrogens (tertiary/aromatic N) is 4. The molecule has 1 aromatic heterocycles. The Hall–Kier alpha value is -2.02. The van der Waals surface area contributed by atoms with E-state index in [1.807, 2.05) is 16.3 Å². The van der Waals surface area contributed by atoms with Crippen molar-refractivity contribution in [1.29, 1.82) is 0 Å². The molecule has 1 aromatic carbocycles. The molecule has 0 spiro atoms. The van der Waals surface area contributed by atoms with Crippen molar-refractivity contribution in [3.63, 3.8) is 0 Å². The lowest BCUT2D eigenvalue weighted by Crippen LogP contribution is -2.41. The number of aryl methyl sites for hydroxylation is 1. The summed E-state index contributed by atoms with van der Waals surface area (Å²) in [6, 6.07) is 10.6. The molecule has 1 aliphatic rings. The highest BCUT2D eigenvalue weighted by Gasteiger charge is 2.43. The molecule has 25 heavy (non-hydrogen) atoms. The third-order valence-electron chi connectivity index (χ3n) is 4.22. The number of benzene rings is 1. The summed E-state index contributed by atoms with van der Waals surface area (Å²) in [5.41, 5.74) is 0. The number of thioether (sulfide) groups is 1. The Bertz CT molecular complexity index is 693. The van der Waals surface area contributed by atoms with Crippen molar-refractivity contribution >= 4 is 17.7 Å². The van der Waals surface area contributed by atoms with Gasteiger partial charge in [0.25, 0.3) is 0 Å². The van der Waals surface area contributed by atoms with Crippen LogP contribution in [0.3, 0.4) is 0 Å². The Morgan fingerprint density at radius 3 is 2.72 bits per heavy atom. The summed E-state index contributed by atoms with van der Waals surface area (Å²) < 4.78 is 2.31. The first-order valence-corrected chi connectivity index (χ1v) is 9.69. The molecule has 0 unspecified atom stereocenters. The van der Waals surface area contributed by atoms with Crippen molar-refractivity contribution in [2.75, 3.05) is 13.1 Å². The van der Waals surface area contributed by atoms with Crippen LogP contribution in [0.2, 0.25) is 0 Å². The number of aromatic nitrogens is 3. The van der Waals surface area contributed by atoms with Gasteiger partial charge in [-0.25, -0.2) is 4.99 Å². The average molecular weight is 359 g/mol. The summed E-state index contributed by atoms with van der Waals surface area (Å²) in [6.45, 7) is 7.31. The van der Waals surface area contributed by atoms with E-state index >= 15 is 0 Å². The molecule has 0 amide bonds. The van der Waals surface area contributed by atoms with Crippen molar-refractivity contribution < 1.29 is 0 Å². The second-order valence-corrected chi connectivity index (χ2v) is 7.72. The van der Waals surface area contributed by atoms with Crippen LogP contribution >= 0.6 is 11.8 Å². The smallest absolute Gasteiger partial charge is 0.191 e. The molecular formula is C18H26N6S. The minimum atomic E-state index is 0.293. The Kier molecular flexibility index (Phi) is 5.96. The third kappa shape index (κ3) is 4.98. The average Bonchev–Trinajstić information content (AvgIpc) is 3.24. The second-order valence-electron chi connectivity index (χ2n) is 6.18. The molecule has 0 radical (unpaired) electrons. The van der Waals surface area contributed by atoms with E-state index in [-0.39, 0.29) is 0 Å². The van der Waals surface area contributed by atoms with Gasteiger partial charge in [0.15, 0.2) is 11.8 Å². The first-order chi connectivity index (χ1) is 12.2. The second kappa shape index (κ2) is 8.38. The molecule has 2 N–H and O–H groups in total. The van der Waals surface area contributed by atoms with Gasteiger partial charge in [-0.1, -0.05) is 18.2 Å². The lowest BCUT2D eigenvalue weighted by Gasteiger charge is -2.18. The van der Waals surface area contributed by atoms with E-state index in [0.29, 0.717) is 11.3 Å². The zero-order valence-electron chi connectivity index (χ0n) is 14.9. The van der Waals surface area contributed by atoms with Crippen LogP contribution in [-0.4, -0.2) is 38.6 Å². The number of hydrogen-bond donors (Lipinski definition) is 2. The van der Waals surface area contributed by atoms with Gasteiger partial charge < -0.3 is 15.2 Å². The van der Waals surface area contributed by atoms with Crippen LogP contribution in [0, 0.1) is 0 Å². The van der Waals surface area contributed by atoms with E-state index < -0.39 is 0 Å². The first kappa shape index (κ1) is 17.8. The molecule has 0 saturated heterocycles. The van der Waals surface area contributed by atoms with E-state index in [1.54, 1.807) is 6.33 Å². The van der Waals surface area contributed by atoms with E-state index in [9.17, 15) is 0 Å². The van der Waals surface area contributed by atoms with E-state index in [4.69, 9.17) is 0 Å². The number of guanidine groups is 1. The van der Waals surface area contributed by atoms with E-state index in [1.165, 1.54) is 17.7 Å². The minimum absolute atomic E-state index is 0.293. The molecule has 2 aromatic rings. The summed E-state index contributed by atoms with van der Waals surface area (Å²) in [4.78, 5) is 6.00.